The molecule has 3 nitrogen and oxygen atoms in total. The summed E-state index contributed by atoms with van der Waals surface area (Å²) in [5.41, 5.74) is 0.714. The van der Waals surface area contributed by atoms with E-state index in [-0.39, 0.29) is 11.7 Å². The Morgan fingerprint density at radius 1 is 1.30 bits per heavy atom. The summed E-state index contributed by atoms with van der Waals surface area (Å²) in [6.07, 6.45) is 3.28. The highest BCUT2D eigenvalue weighted by Crippen LogP contribution is 2.06. The number of unbranched alkanes of at least 4 members (excludes halogenated alkanes) is 1. The average Bonchev–Trinajstić information content (AvgIpc) is 2.46. The highest BCUT2D eigenvalue weighted by Gasteiger charge is 2.07. The number of benzene rings is 1. The van der Waals surface area contributed by atoms with E-state index < -0.39 is 0 Å². The molecular weight excluding hydrogens is 255 g/mol. The van der Waals surface area contributed by atoms with Gasteiger partial charge in [0.1, 0.15) is 5.82 Å². The van der Waals surface area contributed by atoms with Gasteiger partial charge in [0.15, 0.2) is 0 Å². The van der Waals surface area contributed by atoms with Crippen molar-refractivity contribution >= 4 is 5.91 Å². The topological polar surface area (TPSA) is 32.3 Å². The number of hydrogen-bond donors (Lipinski definition) is 1. The molecule has 0 unspecified atom stereocenters. The predicted molar refractivity (Wildman–Crippen MR) is 80.1 cm³/mol. The van der Waals surface area contributed by atoms with E-state index in [1.54, 1.807) is 17.0 Å². The van der Waals surface area contributed by atoms with Crippen LogP contribution in [0, 0.1) is 5.82 Å². The van der Waals surface area contributed by atoms with Crippen molar-refractivity contribution in [1.29, 1.82) is 0 Å². The molecule has 0 heterocycles. The minimum atomic E-state index is -0.162. The van der Waals surface area contributed by atoms with Crippen LogP contribution in [0.4, 0.5) is 4.39 Å². The highest BCUT2D eigenvalue weighted by atomic mass is 19.1. The van der Waals surface area contributed by atoms with Crippen molar-refractivity contribution in [2.24, 2.45) is 0 Å². The molecule has 1 aromatic rings. The lowest BCUT2D eigenvalue weighted by molar-refractivity contribution is -0.129. The average molecular weight is 280 g/mol. The van der Waals surface area contributed by atoms with Gasteiger partial charge in [-0.3, -0.25) is 4.79 Å². The molecule has 0 aliphatic heterocycles. The number of halogens is 1. The minimum absolute atomic E-state index is 0.162. The molecule has 1 aromatic carbocycles. The maximum atomic E-state index is 13.4. The zero-order valence-electron chi connectivity index (χ0n) is 12.5. The van der Waals surface area contributed by atoms with E-state index >= 15 is 0 Å². The Bertz CT molecular complexity index is 409. The normalized spacial score (nSPS) is 10.6. The van der Waals surface area contributed by atoms with Crippen LogP contribution in [0.15, 0.2) is 24.3 Å². The van der Waals surface area contributed by atoms with Gasteiger partial charge in [-0.25, -0.2) is 4.39 Å². The monoisotopic (exact) mass is 280 g/mol. The fourth-order valence-electron chi connectivity index (χ4n) is 1.96. The Hall–Kier alpha value is -1.42. The molecule has 0 saturated carbocycles. The van der Waals surface area contributed by atoms with Crippen molar-refractivity contribution in [2.45, 2.75) is 32.6 Å². The van der Waals surface area contributed by atoms with Gasteiger partial charge in [-0.1, -0.05) is 31.5 Å². The highest BCUT2D eigenvalue weighted by molar-refractivity contribution is 5.76. The number of carbonyl (C=O) groups excluding carboxylic acids is 1. The van der Waals surface area contributed by atoms with E-state index in [2.05, 4.69) is 12.2 Å². The SMILES string of the molecule is CCCCN(C)C(=O)CCNCCc1ccccc1F. The molecule has 0 radical (unpaired) electrons. The molecule has 0 saturated heterocycles. The number of hydrogen-bond acceptors (Lipinski definition) is 2. The van der Waals surface area contributed by atoms with Gasteiger partial charge in [-0.2, -0.15) is 0 Å². The number of nitrogens with zero attached hydrogens (tertiary/aromatic N) is 1. The molecule has 0 aromatic heterocycles. The van der Waals surface area contributed by atoms with Crippen LogP contribution in [0.3, 0.4) is 0 Å². The Labute approximate surface area is 121 Å². The van der Waals surface area contributed by atoms with Crippen molar-refractivity contribution in [3.63, 3.8) is 0 Å². The molecule has 0 atom stereocenters. The molecule has 1 N–H and O–H groups in total. The standard InChI is InChI=1S/C16H25FN2O/c1-3-4-13-19(2)16(20)10-12-18-11-9-14-7-5-6-8-15(14)17/h5-8,18H,3-4,9-13H2,1-2H3. The van der Waals surface area contributed by atoms with Gasteiger partial charge in [-0.05, 0) is 31.0 Å². The first kappa shape index (κ1) is 16.6. The van der Waals surface area contributed by atoms with E-state index in [9.17, 15) is 9.18 Å². The van der Waals surface area contributed by atoms with Crippen molar-refractivity contribution in [3.05, 3.63) is 35.6 Å². The second-order valence-corrected chi connectivity index (χ2v) is 5.01. The zero-order valence-corrected chi connectivity index (χ0v) is 12.5. The van der Waals surface area contributed by atoms with Gasteiger partial charge >= 0.3 is 0 Å². The van der Waals surface area contributed by atoms with Gasteiger partial charge < -0.3 is 10.2 Å². The summed E-state index contributed by atoms with van der Waals surface area (Å²) in [4.78, 5) is 13.5. The van der Waals surface area contributed by atoms with Crippen LogP contribution >= 0.6 is 0 Å². The van der Waals surface area contributed by atoms with Gasteiger partial charge in [0.05, 0.1) is 0 Å². The molecule has 0 bridgehead atoms. The summed E-state index contributed by atoms with van der Waals surface area (Å²) in [5.74, 6) is 0.00140. The third-order valence-electron chi connectivity index (χ3n) is 3.32. The molecular formula is C16H25FN2O. The van der Waals surface area contributed by atoms with Crippen LogP contribution in [0.5, 0.6) is 0 Å². The number of nitrogens with one attached hydrogen (secondary N) is 1. The van der Waals surface area contributed by atoms with Crippen LogP contribution in [0.1, 0.15) is 31.7 Å². The van der Waals surface area contributed by atoms with Crippen LogP contribution in [0.2, 0.25) is 0 Å². The Balaban J connectivity index is 2.13. The van der Waals surface area contributed by atoms with Gasteiger partial charge in [0.2, 0.25) is 5.91 Å². The quantitative estimate of drug-likeness (QED) is 0.705. The minimum Gasteiger partial charge on any atom is -0.346 e. The fourth-order valence-corrected chi connectivity index (χ4v) is 1.96. The first-order chi connectivity index (χ1) is 9.65. The first-order valence-electron chi connectivity index (χ1n) is 7.33. The van der Waals surface area contributed by atoms with Gasteiger partial charge in [0.25, 0.3) is 0 Å². The van der Waals surface area contributed by atoms with Crippen molar-refractivity contribution in [1.82, 2.24) is 10.2 Å². The van der Waals surface area contributed by atoms with Crippen molar-refractivity contribution in [2.75, 3.05) is 26.7 Å². The second kappa shape index (κ2) is 9.48. The maximum Gasteiger partial charge on any atom is 0.223 e. The summed E-state index contributed by atoms with van der Waals surface area (Å²) in [5, 5.41) is 3.19. The maximum absolute atomic E-state index is 13.4. The summed E-state index contributed by atoms with van der Waals surface area (Å²) >= 11 is 0. The smallest absolute Gasteiger partial charge is 0.223 e. The molecule has 1 amide bonds. The van der Waals surface area contributed by atoms with E-state index in [1.807, 2.05) is 13.1 Å². The van der Waals surface area contributed by atoms with Crippen LogP contribution in [-0.4, -0.2) is 37.5 Å². The molecule has 112 valence electrons. The van der Waals surface area contributed by atoms with Crippen LogP contribution in [0.25, 0.3) is 0 Å². The number of amides is 1. The zero-order chi connectivity index (χ0) is 14.8. The third kappa shape index (κ3) is 6.15. The third-order valence-corrected chi connectivity index (χ3v) is 3.32. The van der Waals surface area contributed by atoms with Gasteiger partial charge in [0, 0.05) is 26.6 Å². The van der Waals surface area contributed by atoms with E-state index in [0.29, 0.717) is 31.5 Å². The second-order valence-electron chi connectivity index (χ2n) is 5.01. The summed E-state index contributed by atoms with van der Waals surface area (Å²) < 4.78 is 13.4. The lowest BCUT2D eigenvalue weighted by Gasteiger charge is -2.16. The number of carbonyl (C=O) groups is 1. The summed E-state index contributed by atoms with van der Waals surface area (Å²) in [6, 6.07) is 6.80. The largest absolute Gasteiger partial charge is 0.346 e. The van der Waals surface area contributed by atoms with Gasteiger partial charge in [-0.15, -0.1) is 0 Å². The van der Waals surface area contributed by atoms with E-state index in [0.717, 1.165) is 19.4 Å². The predicted octanol–water partition coefficient (Wildman–Crippen LogP) is 2.61. The summed E-state index contributed by atoms with van der Waals surface area (Å²) in [6.45, 7) is 4.27. The molecule has 20 heavy (non-hydrogen) atoms. The first-order valence-corrected chi connectivity index (χ1v) is 7.33. The molecule has 1 rings (SSSR count). The fraction of sp³-hybridized carbons (Fsp3) is 0.562. The van der Waals surface area contributed by atoms with Crippen LogP contribution < -0.4 is 5.32 Å². The Morgan fingerprint density at radius 3 is 2.75 bits per heavy atom. The Kier molecular flexibility index (Phi) is 7.88. The summed E-state index contributed by atoms with van der Waals surface area (Å²) in [7, 11) is 1.84. The number of rotatable bonds is 9. The lowest BCUT2D eigenvalue weighted by atomic mass is 10.1. The Morgan fingerprint density at radius 2 is 2.05 bits per heavy atom. The molecule has 0 fully saturated rings. The van der Waals surface area contributed by atoms with Crippen molar-refractivity contribution in [3.8, 4) is 0 Å². The molecule has 0 aliphatic carbocycles. The lowest BCUT2D eigenvalue weighted by Crippen LogP contribution is -2.31. The molecule has 4 heteroatoms. The van der Waals surface area contributed by atoms with Crippen molar-refractivity contribution < 1.29 is 9.18 Å². The molecule has 0 aliphatic rings. The van der Waals surface area contributed by atoms with E-state index in [1.165, 1.54) is 6.07 Å². The van der Waals surface area contributed by atoms with Crippen LogP contribution in [-0.2, 0) is 11.2 Å². The molecule has 0 spiro atoms. The van der Waals surface area contributed by atoms with E-state index in [4.69, 9.17) is 0 Å².